The molecule has 1 heterocycles. The van der Waals surface area contributed by atoms with Gasteiger partial charge in [0.05, 0.1) is 5.54 Å². The summed E-state index contributed by atoms with van der Waals surface area (Å²) in [6.07, 6.45) is 1.99. The lowest BCUT2D eigenvalue weighted by atomic mass is 10.1. The van der Waals surface area contributed by atoms with Crippen molar-refractivity contribution in [2.75, 3.05) is 0 Å². The van der Waals surface area contributed by atoms with E-state index >= 15 is 0 Å². The van der Waals surface area contributed by atoms with E-state index < -0.39 is 23.6 Å². The third kappa shape index (κ3) is 3.69. The monoisotopic (exact) mass is 271 g/mol. The SMILES string of the molecule is CC[C@@H](NC(=O)NC(C)(C)c1nccs1)C(=O)O. The molecule has 1 aromatic rings. The molecule has 18 heavy (non-hydrogen) atoms. The molecule has 6 nitrogen and oxygen atoms in total. The van der Waals surface area contributed by atoms with Crippen LogP contribution in [-0.4, -0.2) is 28.1 Å². The molecular weight excluding hydrogens is 254 g/mol. The molecule has 0 aliphatic carbocycles. The first kappa shape index (κ1) is 14.4. The van der Waals surface area contributed by atoms with Crippen molar-refractivity contribution in [3.05, 3.63) is 16.6 Å². The summed E-state index contributed by atoms with van der Waals surface area (Å²) in [7, 11) is 0. The van der Waals surface area contributed by atoms with Crippen molar-refractivity contribution in [1.29, 1.82) is 0 Å². The van der Waals surface area contributed by atoms with Crippen molar-refractivity contribution in [1.82, 2.24) is 15.6 Å². The number of aromatic nitrogens is 1. The molecule has 1 aromatic heterocycles. The van der Waals surface area contributed by atoms with E-state index in [0.29, 0.717) is 6.42 Å². The van der Waals surface area contributed by atoms with Crippen LogP contribution in [0.15, 0.2) is 11.6 Å². The van der Waals surface area contributed by atoms with E-state index in [-0.39, 0.29) is 0 Å². The summed E-state index contributed by atoms with van der Waals surface area (Å²) in [4.78, 5) is 26.7. The molecule has 2 amide bonds. The van der Waals surface area contributed by atoms with Crippen molar-refractivity contribution in [2.24, 2.45) is 0 Å². The second-order valence-corrected chi connectivity index (χ2v) is 5.25. The molecule has 0 aliphatic rings. The largest absolute Gasteiger partial charge is 0.480 e. The van der Waals surface area contributed by atoms with Crippen LogP contribution >= 0.6 is 11.3 Å². The van der Waals surface area contributed by atoms with Gasteiger partial charge in [0.25, 0.3) is 0 Å². The number of aliphatic carboxylic acids is 1. The summed E-state index contributed by atoms with van der Waals surface area (Å²) in [5.41, 5.74) is -0.630. The van der Waals surface area contributed by atoms with Gasteiger partial charge in [-0.2, -0.15) is 0 Å². The standard InChI is InChI=1S/C11H17N3O3S/c1-4-7(8(15)16)13-10(17)14-11(2,3)9-12-5-6-18-9/h5-7H,4H2,1-3H3,(H,15,16)(H2,13,14,17)/t7-/m1/s1. The zero-order valence-corrected chi connectivity index (χ0v) is 11.4. The van der Waals surface area contributed by atoms with Crippen LogP contribution in [0.1, 0.15) is 32.2 Å². The van der Waals surface area contributed by atoms with Crippen molar-refractivity contribution in [2.45, 2.75) is 38.8 Å². The minimum Gasteiger partial charge on any atom is -0.480 e. The Kier molecular flexibility index (Phi) is 4.66. The molecule has 100 valence electrons. The lowest BCUT2D eigenvalue weighted by Gasteiger charge is -2.25. The molecule has 0 unspecified atom stereocenters. The summed E-state index contributed by atoms with van der Waals surface area (Å²) in [6, 6.07) is -1.39. The van der Waals surface area contributed by atoms with Gasteiger partial charge in [-0.05, 0) is 20.3 Å². The molecule has 3 N–H and O–H groups in total. The molecule has 1 rings (SSSR count). The van der Waals surface area contributed by atoms with Gasteiger partial charge in [0, 0.05) is 11.6 Å². The van der Waals surface area contributed by atoms with Gasteiger partial charge in [-0.15, -0.1) is 11.3 Å². The number of rotatable bonds is 5. The minimum absolute atomic E-state index is 0.334. The van der Waals surface area contributed by atoms with Crippen LogP contribution in [0.5, 0.6) is 0 Å². The van der Waals surface area contributed by atoms with E-state index in [9.17, 15) is 9.59 Å². The lowest BCUT2D eigenvalue weighted by Crippen LogP contribution is -2.51. The maximum atomic E-state index is 11.7. The first-order valence-corrected chi connectivity index (χ1v) is 6.46. The summed E-state index contributed by atoms with van der Waals surface area (Å²) in [5, 5.41) is 16.6. The third-order valence-electron chi connectivity index (χ3n) is 2.40. The Balaban J connectivity index is 2.62. The van der Waals surface area contributed by atoms with Crippen LogP contribution in [0.2, 0.25) is 0 Å². The van der Waals surface area contributed by atoms with E-state index in [1.165, 1.54) is 11.3 Å². The third-order valence-corrected chi connectivity index (χ3v) is 3.50. The van der Waals surface area contributed by atoms with Crippen LogP contribution in [-0.2, 0) is 10.3 Å². The second-order valence-electron chi connectivity index (χ2n) is 4.36. The van der Waals surface area contributed by atoms with Gasteiger partial charge < -0.3 is 15.7 Å². The Morgan fingerprint density at radius 3 is 2.67 bits per heavy atom. The van der Waals surface area contributed by atoms with Gasteiger partial charge in [-0.3, -0.25) is 0 Å². The van der Waals surface area contributed by atoms with Gasteiger partial charge in [-0.25, -0.2) is 14.6 Å². The second kappa shape index (κ2) is 5.81. The van der Waals surface area contributed by atoms with Gasteiger partial charge in [0.15, 0.2) is 0 Å². The van der Waals surface area contributed by atoms with Gasteiger partial charge in [-0.1, -0.05) is 6.92 Å². The first-order valence-electron chi connectivity index (χ1n) is 5.58. The molecule has 7 heteroatoms. The highest BCUT2D eigenvalue weighted by Gasteiger charge is 2.27. The number of carbonyl (C=O) groups is 2. The molecule has 0 aromatic carbocycles. The van der Waals surface area contributed by atoms with E-state index in [2.05, 4.69) is 15.6 Å². The first-order chi connectivity index (χ1) is 8.36. The average Bonchev–Trinajstić information content (AvgIpc) is 2.78. The Morgan fingerprint density at radius 2 is 2.22 bits per heavy atom. The molecular formula is C11H17N3O3S. The topological polar surface area (TPSA) is 91.3 Å². The highest BCUT2D eigenvalue weighted by atomic mass is 32.1. The number of carbonyl (C=O) groups excluding carboxylic acids is 1. The van der Waals surface area contributed by atoms with Crippen LogP contribution in [0, 0.1) is 0 Å². The van der Waals surface area contributed by atoms with E-state index in [1.54, 1.807) is 13.1 Å². The van der Waals surface area contributed by atoms with Crippen molar-refractivity contribution >= 4 is 23.3 Å². The molecule has 0 bridgehead atoms. The number of hydrogen-bond donors (Lipinski definition) is 3. The van der Waals surface area contributed by atoms with E-state index in [4.69, 9.17) is 5.11 Å². The van der Waals surface area contributed by atoms with Crippen LogP contribution in [0.25, 0.3) is 0 Å². The van der Waals surface area contributed by atoms with Gasteiger partial charge in [0.2, 0.25) is 0 Å². The highest BCUT2D eigenvalue weighted by molar-refractivity contribution is 7.09. The number of urea groups is 1. The van der Waals surface area contributed by atoms with Gasteiger partial charge in [0.1, 0.15) is 11.0 Å². The fraction of sp³-hybridized carbons (Fsp3) is 0.545. The number of thiazole rings is 1. The van der Waals surface area contributed by atoms with Crippen molar-refractivity contribution in [3.8, 4) is 0 Å². The molecule has 0 radical (unpaired) electrons. The molecule has 0 spiro atoms. The van der Waals surface area contributed by atoms with E-state index in [1.807, 2.05) is 19.2 Å². The Labute approximate surface area is 109 Å². The Bertz CT molecular complexity index is 417. The van der Waals surface area contributed by atoms with Crippen LogP contribution < -0.4 is 10.6 Å². The number of nitrogens with zero attached hydrogens (tertiary/aromatic N) is 1. The number of amides is 2. The Morgan fingerprint density at radius 1 is 1.56 bits per heavy atom. The number of carboxylic acids is 1. The summed E-state index contributed by atoms with van der Waals surface area (Å²) in [6.45, 7) is 5.32. The molecule has 0 saturated carbocycles. The fourth-order valence-corrected chi connectivity index (χ4v) is 2.12. The summed E-state index contributed by atoms with van der Waals surface area (Å²) >= 11 is 1.43. The highest BCUT2D eigenvalue weighted by Crippen LogP contribution is 2.21. The normalized spacial score (nSPS) is 12.8. The van der Waals surface area contributed by atoms with Crippen molar-refractivity contribution in [3.63, 3.8) is 0 Å². The molecule has 0 saturated heterocycles. The molecule has 1 atom stereocenters. The number of carboxylic acid groups (broad SMARTS) is 1. The minimum atomic E-state index is -1.04. The quantitative estimate of drug-likeness (QED) is 0.757. The summed E-state index contributed by atoms with van der Waals surface area (Å²) < 4.78 is 0. The van der Waals surface area contributed by atoms with Crippen molar-refractivity contribution < 1.29 is 14.7 Å². The van der Waals surface area contributed by atoms with Crippen LogP contribution in [0.4, 0.5) is 4.79 Å². The van der Waals surface area contributed by atoms with Gasteiger partial charge >= 0.3 is 12.0 Å². The average molecular weight is 271 g/mol. The zero-order chi connectivity index (χ0) is 13.8. The predicted octanol–water partition coefficient (Wildman–Crippen LogP) is 1.54. The predicted molar refractivity (Wildman–Crippen MR) is 68.5 cm³/mol. The van der Waals surface area contributed by atoms with Crippen LogP contribution in [0.3, 0.4) is 0 Å². The maximum absolute atomic E-state index is 11.7. The fourth-order valence-electron chi connectivity index (χ4n) is 1.40. The smallest absolute Gasteiger partial charge is 0.326 e. The molecule has 0 aliphatic heterocycles. The Hall–Kier alpha value is -1.63. The number of nitrogens with one attached hydrogen (secondary N) is 2. The molecule has 0 fully saturated rings. The maximum Gasteiger partial charge on any atom is 0.326 e. The lowest BCUT2D eigenvalue weighted by molar-refractivity contribution is -0.139. The van der Waals surface area contributed by atoms with E-state index in [0.717, 1.165) is 5.01 Å². The zero-order valence-electron chi connectivity index (χ0n) is 10.6. The number of hydrogen-bond acceptors (Lipinski definition) is 4. The summed E-state index contributed by atoms with van der Waals surface area (Å²) in [5.74, 6) is -1.04.